The molecule has 36 heavy (non-hydrogen) atoms. The van der Waals surface area contributed by atoms with E-state index in [1.54, 1.807) is 48.5 Å². The van der Waals surface area contributed by atoms with Crippen molar-refractivity contribution in [3.05, 3.63) is 71.8 Å². The van der Waals surface area contributed by atoms with E-state index in [4.69, 9.17) is 13.9 Å². The highest BCUT2D eigenvalue weighted by atomic mass is 28.4. The second-order valence-corrected chi connectivity index (χ2v) is 11.8. The average molecular weight is 515 g/mol. The summed E-state index contributed by atoms with van der Waals surface area (Å²) in [6, 6.07) is 19.1. The predicted octanol–water partition coefficient (Wildman–Crippen LogP) is 2.57. The molecule has 3 atom stereocenters. The van der Waals surface area contributed by atoms with Crippen LogP contribution in [0.5, 0.6) is 0 Å². The van der Waals surface area contributed by atoms with E-state index in [1.165, 1.54) is 50.2 Å². The summed E-state index contributed by atoms with van der Waals surface area (Å²) in [4.78, 5) is 42.8. The zero-order valence-corrected chi connectivity index (χ0v) is 21.7. The Hall–Kier alpha value is -2.11. The third kappa shape index (κ3) is 4.77. The first-order valence-corrected chi connectivity index (χ1v) is 14.7. The van der Waals surface area contributed by atoms with Crippen molar-refractivity contribution in [3.8, 4) is 0 Å². The minimum absolute atomic E-state index is 0.215. The summed E-state index contributed by atoms with van der Waals surface area (Å²) in [5.41, 5.74) is -0.669. The maximum atomic E-state index is 14.2. The summed E-state index contributed by atoms with van der Waals surface area (Å²) in [6.45, 7) is 3.89. The molecule has 3 N–H and O–H groups in total. The lowest BCUT2D eigenvalue weighted by Gasteiger charge is -2.47. The molecule has 3 fully saturated rings. The lowest BCUT2D eigenvalue weighted by molar-refractivity contribution is -0.956. The number of ether oxygens (including phenoxy) is 2. The number of carbonyl (C=O) groups excluding carboxylic acids is 1. The van der Waals surface area contributed by atoms with Gasteiger partial charge in [0.15, 0.2) is 6.29 Å². The van der Waals surface area contributed by atoms with Gasteiger partial charge in [-0.1, -0.05) is 60.7 Å². The quantitative estimate of drug-likeness (QED) is 0.215. The Kier molecular flexibility index (Phi) is 7.08. The van der Waals surface area contributed by atoms with Crippen molar-refractivity contribution in [1.29, 1.82) is 0 Å². The molecular weight excluding hydrogens is 478 g/mol. The van der Waals surface area contributed by atoms with Gasteiger partial charge in [0, 0.05) is 38.5 Å². The summed E-state index contributed by atoms with van der Waals surface area (Å²) >= 11 is 0. The third-order valence-electron chi connectivity index (χ3n) is 8.34. The Bertz CT molecular complexity index is 984. The molecule has 1 spiro atoms. The Morgan fingerprint density at radius 2 is 1.42 bits per heavy atom. The fourth-order valence-corrected chi connectivity index (χ4v) is 7.46. The molecule has 0 aromatic heterocycles. The molecule has 0 aliphatic carbocycles. The van der Waals surface area contributed by atoms with Gasteiger partial charge >= 0.3 is 15.0 Å². The largest absolute Gasteiger partial charge is 0.673 e. The summed E-state index contributed by atoms with van der Waals surface area (Å²) in [5.74, 6) is -0.573. The maximum Gasteiger partial charge on any atom is 0.673 e. The van der Waals surface area contributed by atoms with Crippen LogP contribution in [0.15, 0.2) is 60.7 Å². The molecule has 194 valence electrons. The second-order valence-electron chi connectivity index (χ2n) is 10.4. The summed E-state index contributed by atoms with van der Waals surface area (Å²) in [6.07, 6.45) is 5.07. The number of hydrogen-bond acceptors (Lipinski definition) is 7. The highest BCUT2D eigenvalue weighted by Crippen LogP contribution is 2.47. The van der Waals surface area contributed by atoms with Crippen molar-refractivity contribution in [2.75, 3.05) is 13.1 Å². The Balaban J connectivity index is 1.48. The number of hydrogen-bond donors (Lipinski definition) is 3. The number of nitrogens with zero attached hydrogens (tertiary/aromatic N) is 1. The van der Waals surface area contributed by atoms with Crippen LogP contribution in [0.1, 0.15) is 56.6 Å². The van der Waals surface area contributed by atoms with E-state index in [9.17, 15) is 19.2 Å². The smallest absolute Gasteiger partial charge is 0.459 e. The van der Waals surface area contributed by atoms with E-state index in [0.717, 1.165) is 12.8 Å². The molecule has 2 aromatic rings. The fourth-order valence-electron chi connectivity index (χ4n) is 6.97. The highest BCUT2D eigenvalue weighted by Gasteiger charge is 2.57. The highest BCUT2D eigenvalue weighted by molar-refractivity contribution is 6.48. The van der Waals surface area contributed by atoms with Crippen molar-refractivity contribution in [3.63, 3.8) is 0 Å². The van der Waals surface area contributed by atoms with Gasteiger partial charge in [-0.25, -0.2) is 4.79 Å². The summed E-state index contributed by atoms with van der Waals surface area (Å²) in [5, 5.41) is 0. The molecular formula is C27H36NO7Si+. The molecule has 3 aliphatic heterocycles. The van der Waals surface area contributed by atoms with Gasteiger partial charge in [0.1, 0.15) is 6.10 Å². The van der Waals surface area contributed by atoms with E-state index in [1.807, 2.05) is 12.1 Å². The van der Waals surface area contributed by atoms with Crippen LogP contribution in [-0.4, -0.2) is 71.5 Å². The zero-order chi connectivity index (χ0) is 25.4. The number of esters is 1. The van der Waals surface area contributed by atoms with Crippen molar-refractivity contribution < 1.29 is 37.6 Å². The van der Waals surface area contributed by atoms with Gasteiger partial charge < -0.3 is 32.8 Å². The van der Waals surface area contributed by atoms with E-state index in [-0.39, 0.29) is 6.10 Å². The van der Waals surface area contributed by atoms with Crippen molar-refractivity contribution in [1.82, 2.24) is 0 Å². The topological polar surface area (TPSA) is 105 Å². The molecule has 2 aromatic carbocycles. The van der Waals surface area contributed by atoms with Gasteiger partial charge in [-0.2, -0.15) is 0 Å². The molecule has 3 heterocycles. The molecule has 3 unspecified atom stereocenters. The van der Waals surface area contributed by atoms with Gasteiger partial charge in [0.25, 0.3) is 0 Å². The number of rotatable bonds is 8. The lowest BCUT2D eigenvalue weighted by atomic mass is 9.85. The standard InChI is InChI=1S/C27H36NO7Si/c1-20(35-36(30,31)32)34-27(21-10-4-2-5-11-21,22-12-6-3-7-13-22)26(29)33-25-18-23-14-15-24(19-25)28(23)16-8-9-17-28/h2-7,10-13,20,23-25,30-32H,8-9,14-19H2,1H3/q+1. The fraction of sp³-hybridized carbons (Fsp3) is 0.519. The average Bonchev–Trinajstić information content (AvgIpc) is 3.39. The first-order valence-electron chi connectivity index (χ1n) is 12.9. The lowest BCUT2D eigenvalue weighted by Crippen LogP contribution is -2.60. The van der Waals surface area contributed by atoms with E-state index >= 15 is 0 Å². The number of benzene rings is 2. The van der Waals surface area contributed by atoms with E-state index in [0.29, 0.717) is 23.2 Å². The Labute approximate surface area is 213 Å². The van der Waals surface area contributed by atoms with Crippen molar-refractivity contribution >= 4 is 15.0 Å². The molecule has 0 amide bonds. The third-order valence-corrected chi connectivity index (χ3v) is 8.99. The number of quaternary nitrogens is 1. The minimum atomic E-state index is -4.91. The van der Waals surface area contributed by atoms with Gasteiger partial charge in [0.05, 0.1) is 25.2 Å². The van der Waals surface area contributed by atoms with Crippen LogP contribution in [0, 0.1) is 0 Å². The molecule has 5 rings (SSSR count). The zero-order valence-electron chi connectivity index (χ0n) is 20.7. The normalized spacial score (nSPS) is 26.2. The second kappa shape index (κ2) is 9.98. The predicted molar refractivity (Wildman–Crippen MR) is 133 cm³/mol. The van der Waals surface area contributed by atoms with Crippen molar-refractivity contribution in [2.45, 2.75) is 75.5 Å². The van der Waals surface area contributed by atoms with Gasteiger partial charge in [-0.05, 0) is 18.1 Å². The van der Waals surface area contributed by atoms with Crippen molar-refractivity contribution in [2.24, 2.45) is 0 Å². The van der Waals surface area contributed by atoms with Crippen LogP contribution in [0.4, 0.5) is 0 Å². The molecule has 8 nitrogen and oxygen atoms in total. The van der Waals surface area contributed by atoms with Gasteiger partial charge in [-0.15, -0.1) is 0 Å². The number of piperidine rings is 1. The molecule has 3 saturated heterocycles. The molecule has 0 radical (unpaired) electrons. The number of carbonyl (C=O) groups is 1. The molecule has 3 aliphatic rings. The monoisotopic (exact) mass is 514 g/mol. The van der Waals surface area contributed by atoms with Crippen LogP contribution in [-0.2, 0) is 24.3 Å². The van der Waals surface area contributed by atoms with Gasteiger partial charge in [-0.3, -0.25) is 0 Å². The summed E-state index contributed by atoms with van der Waals surface area (Å²) < 4.78 is 18.6. The first-order chi connectivity index (χ1) is 17.2. The SMILES string of the molecule is CC(OC(C(=O)OC1CC2CCC(C1)[N+]21CCCC1)(c1ccccc1)c1ccccc1)O[Si](O)(O)O. The van der Waals surface area contributed by atoms with E-state index in [2.05, 4.69) is 0 Å². The van der Waals surface area contributed by atoms with Crippen LogP contribution < -0.4 is 0 Å². The molecule has 0 saturated carbocycles. The Morgan fingerprint density at radius 3 is 1.89 bits per heavy atom. The maximum absolute atomic E-state index is 14.2. The minimum Gasteiger partial charge on any atom is -0.459 e. The van der Waals surface area contributed by atoms with Crippen LogP contribution in [0.25, 0.3) is 0 Å². The van der Waals surface area contributed by atoms with E-state index < -0.39 is 26.9 Å². The van der Waals surface area contributed by atoms with Crippen LogP contribution in [0.3, 0.4) is 0 Å². The summed E-state index contributed by atoms with van der Waals surface area (Å²) in [7, 11) is -4.91. The van der Waals surface area contributed by atoms with Crippen LogP contribution in [0.2, 0.25) is 0 Å². The van der Waals surface area contributed by atoms with Crippen LogP contribution >= 0.6 is 0 Å². The first kappa shape index (κ1) is 25.5. The van der Waals surface area contributed by atoms with Gasteiger partial charge in [0.2, 0.25) is 5.60 Å². The Morgan fingerprint density at radius 1 is 0.917 bits per heavy atom. The molecule has 9 heteroatoms. The molecule has 2 bridgehead atoms.